The maximum atomic E-state index is 12.4. The van der Waals surface area contributed by atoms with Crippen LogP contribution in [0, 0.1) is 13.8 Å². The van der Waals surface area contributed by atoms with Gasteiger partial charge in [-0.3, -0.25) is 0 Å². The quantitative estimate of drug-likeness (QED) is 0.378. The fourth-order valence-corrected chi connectivity index (χ4v) is 5.06. The van der Waals surface area contributed by atoms with Crippen molar-refractivity contribution in [2.45, 2.75) is 25.3 Å². The SMILES string of the molecule is CNS(=O)(=O)c1cccc(-c2cn(Cc3ccccc3)c3ncc(-c4c(C)noc4C)cc23)c1. The van der Waals surface area contributed by atoms with Crippen molar-refractivity contribution in [2.24, 2.45) is 0 Å². The predicted octanol–water partition coefficient (Wildman–Crippen LogP) is 4.93. The maximum absolute atomic E-state index is 12.4. The molecule has 1 N–H and O–H groups in total. The Morgan fingerprint density at radius 2 is 1.79 bits per heavy atom. The van der Waals surface area contributed by atoms with Crippen molar-refractivity contribution >= 4 is 21.1 Å². The largest absolute Gasteiger partial charge is 0.361 e. The molecule has 0 spiro atoms. The maximum Gasteiger partial charge on any atom is 0.240 e. The highest BCUT2D eigenvalue weighted by Crippen LogP contribution is 2.35. The van der Waals surface area contributed by atoms with Crippen LogP contribution < -0.4 is 4.72 Å². The molecule has 0 saturated heterocycles. The van der Waals surface area contributed by atoms with E-state index in [2.05, 4.69) is 32.6 Å². The van der Waals surface area contributed by atoms with Crippen molar-refractivity contribution in [1.82, 2.24) is 19.4 Å². The fraction of sp³-hybridized carbons (Fsp3) is 0.154. The zero-order valence-electron chi connectivity index (χ0n) is 19.1. The number of fused-ring (bicyclic) bond motifs is 1. The predicted molar refractivity (Wildman–Crippen MR) is 132 cm³/mol. The highest BCUT2D eigenvalue weighted by Gasteiger charge is 2.19. The Labute approximate surface area is 198 Å². The van der Waals surface area contributed by atoms with Crippen molar-refractivity contribution in [3.8, 4) is 22.3 Å². The molecule has 0 unspecified atom stereocenters. The van der Waals surface area contributed by atoms with Crippen molar-refractivity contribution in [2.75, 3.05) is 7.05 Å². The fourth-order valence-electron chi connectivity index (χ4n) is 4.28. The second kappa shape index (κ2) is 8.55. The average Bonchev–Trinajstić information content (AvgIpc) is 3.38. The molecule has 3 aromatic heterocycles. The number of sulfonamides is 1. The third-order valence-corrected chi connectivity index (χ3v) is 7.37. The monoisotopic (exact) mass is 472 g/mol. The van der Waals surface area contributed by atoms with Crippen molar-refractivity contribution in [3.63, 3.8) is 0 Å². The van der Waals surface area contributed by atoms with E-state index in [0.717, 1.165) is 50.3 Å². The van der Waals surface area contributed by atoms with Gasteiger partial charge in [0.15, 0.2) is 0 Å². The first-order chi connectivity index (χ1) is 16.4. The Bertz CT molecular complexity index is 1580. The molecule has 172 valence electrons. The summed E-state index contributed by atoms with van der Waals surface area (Å²) >= 11 is 0. The van der Waals surface area contributed by atoms with Gasteiger partial charge in [-0.2, -0.15) is 0 Å². The first kappa shape index (κ1) is 22.1. The molecule has 8 heteroatoms. The Morgan fingerprint density at radius 3 is 2.50 bits per heavy atom. The zero-order chi connectivity index (χ0) is 23.9. The zero-order valence-corrected chi connectivity index (χ0v) is 19.9. The van der Waals surface area contributed by atoms with Crippen LogP contribution in [0.4, 0.5) is 0 Å². The highest BCUT2D eigenvalue weighted by atomic mass is 32.2. The normalized spacial score (nSPS) is 11.9. The summed E-state index contributed by atoms with van der Waals surface area (Å²) in [4.78, 5) is 5.03. The van der Waals surface area contributed by atoms with Gasteiger partial charge >= 0.3 is 0 Å². The molecule has 0 aliphatic carbocycles. The molecule has 3 heterocycles. The van der Waals surface area contributed by atoms with E-state index in [-0.39, 0.29) is 4.90 Å². The average molecular weight is 473 g/mol. The first-order valence-corrected chi connectivity index (χ1v) is 12.4. The van der Waals surface area contributed by atoms with Gasteiger partial charge in [0.2, 0.25) is 10.0 Å². The number of hydrogen-bond acceptors (Lipinski definition) is 5. The summed E-state index contributed by atoms with van der Waals surface area (Å²) in [5.74, 6) is 0.728. The number of nitrogens with one attached hydrogen (secondary N) is 1. The third kappa shape index (κ3) is 3.91. The topological polar surface area (TPSA) is 90.0 Å². The van der Waals surface area contributed by atoms with Crippen LogP contribution in [0.1, 0.15) is 17.0 Å². The number of aryl methyl sites for hydroxylation is 2. The van der Waals surface area contributed by atoms with Crippen LogP contribution in [-0.4, -0.2) is 30.2 Å². The van der Waals surface area contributed by atoms with Crippen LogP contribution in [-0.2, 0) is 16.6 Å². The Kier molecular flexibility index (Phi) is 5.55. The van der Waals surface area contributed by atoms with E-state index in [0.29, 0.717) is 6.54 Å². The summed E-state index contributed by atoms with van der Waals surface area (Å²) in [5, 5.41) is 5.00. The molecule has 0 bridgehead atoms. The number of aromatic nitrogens is 3. The second-order valence-electron chi connectivity index (χ2n) is 8.19. The molecular formula is C26H24N4O3S. The van der Waals surface area contributed by atoms with Crippen molar-refractivity contribution in [1.29, 1.82) is 0 Å². The number of pyridine rings is 1. The summed E-state index contributed by atoms with van der Waals surface area (Å²) in [6.45, 7) is 4.43. The minimum absolute atomic E-state index is 0.214. The summed E-state index contributed by atoms with van der Waals surface area (Å²) in [7, 11) is -2.16. The lowest BCUT2D eigenvalue weighted by molar-refractivity contribution is 0.393. The van der Waals surface area contributed by atoms with Gasteiger partial charge in [-0.05, 0) is 50.2 Å². The molecule has 0 saturated carbocycles. The van der Waals surface area contributed by atoms with Gasteiger partial charge in [-0.25, -0.2) is 18.1 Å². The minimum atomic E-state index is -3.57. The summed E-state index contributed by atoms with van der Waals surface area (Å²) in [5.41, 5.74) is 6.28. The van der Waals surface area contributed by atoms with Crippen molar-refractivity contribution in [3.05, 3.63) is 90.1 Å². The smallest absolute Gasteiger partial charge is 0.240 e. The van der Waals surface area contributed by atoms with E-state index in [1.54, 1.807) is 18.2 Å². The van der Waals surface area contributed by atoms with E-state index >= 15 is 0 Å². The third-order valence-electron chi connectivity index (χ3n) is 5.96. The van der Waals surface area contributed by atoms with Crippen LogP contribution in [0.2, 0.25) is 0 Å². The standard InChI is InChI=1S/C26H24N4O3S/c1-17-25(18(2)33-29-17)21-13-23-24(20-10-7-11-22(12-20)34(31,32)27-3)16-30(26(23)28-14-21)15-19-8-5-4-6-9-19/h4-14,16,27H,15H2,1-3H3. The van der Waals surface area contributed by atoms with E-state index in [4.69, 9.17) is 9.51 Å². The van der Waals surface area contributed by atoms with Crippen LogP contribution in [0.5, 0.6) is 0 Å². The molecule has 2 aromatic carbocycles. The Morgan fingerprint density at radius 1 is 1.00 bits per heavy atom. The Balaban J connectivity index is 1.73. The summed E-state index contributed by atoms with van der Waals surface area (Å²) < 4.78 is 34.7. The molecule has 0 aliphatic rings. The molecular weight excluding hydrogens is 448 g/mol. The Hall–Kier alpha value is -3.75. The van der Waals surface area contributed by atoms with Gasteiger partial charge in [0.25, 0.3) is 0 Å². The highest BCUT2D eigenvalue weighted by molar-refractivity contribution is 7.89. The molecule has 0 fully saturated rings. The second-order valence-corrected chi connectivity index (χ2v) is 10.1. The molecule has 7 nitrogen and oxygen atoms in total. The first-order valence-electron chi connectivity index (χ1n) is 10.9. The number of benzene rings is 2. The number of nitrogens with zero attached hydrogens (tertiary/aromatic N) is 3. The minimum Gasteiger partial charge on any atom is -0.361 e. The molecule has 34 heavy (non-hydrogen) atoms. The van der Waals surface area contributed by atoms with Crippen LogP contribution in [0.15, 0.2) is 82.5 Å². The van der Waals surface area contributed by atoms with E-state index in [1.165, 1.54) is 7.05 Å². The molecule has 5 rings (SSSR count). The number of rotatable bonds is 6. The van der Waals surface area contributed by atoms with Gasteiger partial charge in [0.1, 0.15) is 11.4 Å². The van der Waals surface area contributed by atoms with Gasteiger partial charge in [-0.15, -0.1) is 0 Å². The van der Waals surface area contributed by atoms with Gasteiger partial charge in [-0.1, -0.05) is 47.6 Å². The van der Waals surface area contributed by atoms with Gasteiger partial charge in [0.05, 0.1) is 10.6 Å². The van der Waals surface area contributed by atoms with Crippen LogP contribution in [0.25, 0.3) is 33.3 Å². The lowest BCUT2D eigenvalue weighted by Crippen LogP contribution is -2.18. The van der Waals surface area contributed by atoms with Gasteiger partial charge in [0, 0.05) is 41.0 Å². The molecule has 0 radical (unpaired) electrons. The van der Waals surface area contributed by atoms with Crippen LogP contribution >= 0.6 is 0 Å². The van der Waals surface area contributed by atoms with Gasteiger partial charge < -0.3 is 9.09 Å². The lowest BCUT2D eigenvalue weighted by Gasteiger charge is -2.06. The molecule has 0 amide bonds. The summed E-state index contributed by atoms with van der Waals surface area (Å²) in [6, 6.07) is 19.2. The van der Waals surface area contributed by atoms with Crippen LogP contribution in [0.3, 0.4) is 0 Å². The molecule has 0 atom stereocenters. The van der Waals surface area contributed by atoms with Crippen molar-refractivity contribution < 1.29 is 12.9 Å². The van der Waals surface area contributed by atoms with E-state index in [9.17, 15) is 8.42 Å². The van der Waals surface area contributed by atoms with E-state index in [1.807, 2.05) is 50.5 Å². The van der Waals surface area contributed by atoms with E-state index < -0.39 is 10.0 Å². The molecule has 5 aromatic rings. The molecule has 0 aliphatic heterocycles. The number of hydrogen-bond donors (Lipinski definition) is 1. The lowest BCUT2D eigenvalue weighted by atomic mass is 10.0. The summed E-state index contributed by atoms with van der Waals surface area (Å²) in [6.07, 6.45) is 3.87.